The van der Waals surface area contributed by atoms with Crippen molar-refractivity contribution in [2.45, 2.75) is 70.6 Å². The maximum atomic E-state index is 6.52. The van der Waals surface area contributed by atoms with Gasteiger partial charge in [0.15, 0.2) is 0 Å². The van der Waals surface area contributed by atoms with Crippen LogP contribution in [-0.4, -0.2) is 16.6 Å². The molecule has 0 bridgehead atoms. The predicted molar refractivity (Wildman–Crippen MR) is 209 cm³/mol. The minimum Gasteiger partial charge on any atom is -0.504 e. The number of furan rings is 1. The minimum absolute atomic E-state index is 0. The molecule has 1 aliphatic carbocycles. The maximum Gasteiger partial charge on any atom is 3.00 e. The first kappa shape index (κ1) is 34.4. The molecule has 0 amide bonds. The Hall–Kier alpha value is -4.64. The van der Waals surface area contributed by atoms with E-state index < -0.39 is 0 Å². The number of imidazole rings is 1. The van der Waals surface area contributed by atoms with E-state index in [4.69, 9.17) is 4.42 Å². The molecule has 1 spiro atoms. The molecule has 5 aromatic carbocycles. The van der Waals surface area contributed by atoms with Crippen molar-refractivity contribution in [3.8, 4) is 17.1 Å². The van der Waals surface area contributed by atoms with Gasteiger partial charge in [0.2, 0.25) is 0 Å². The summed E-state index contributed by atoms with van der Waals surface area (Å²) in [7, 11) is 2.13. The number of benzene rings is 5. The van der Waals surface area contributed by atoms with Gasteiger partial charge in [0, 0.05) is 35.0 Å². The molecular formula is C46H43IrN4O. The molecule has 1 saturated carbocycles. The summed E-state index contributed by atoms with van der Waals surface area (Å²) in [6.45, 7) is 11.2. The molecular weight excluding hydrogens is 817 g/mol. The number of nitrogens with zero attached hydrogens (tertiary/aromatic N) is 4. The molecule has 0 atom stereocenters. The van der Waals surface area contributed by atoms with E-state index in [0.717, 1.165) is 28.2 Å². The molecule has 2 aromatic heterocycles. The van der Waals surface area contributed by atoms with Crippen molar-refractivity contribution in [2.75, 3.05) is 16.8 Å². The third-order valence-corrected chi connectivity index (χ3v) is 11.2. The van der Waals surface area contributed by atoms with Crippen LogP contribution >= 0.6 is 0 Å². The first-order valence-corrected chi connectivity index (χ1v) is 18.4. The normalized spacial score (nSPS) is 15.3. The van der Waals surface area contributed by atoms with Crippen LogP contribution in [0.3, 0.4) is 0 Å². The quantitative estimate of drug-likeness (QED) is 0.165. The SMILES string of the molecule is CC(C)c1cccc(C(C)C)c1-n1ccnc1-c1[c-]cccc1.CN1[CH-]N2c3[c-]cc4c(oc5ccccc54)c3C3(CCCC3)c3cccc1c32.[Ir+3]. The molecule has 0 radical (unpaired) electrons. The van der Waals surface area contributed by atoms with Crippen molar-refractivity contribution < 1.29 is 24.5 Å². The second-order valence-corrected chi connectivity index (χ2v) is 14.9. The van der Waals surface area contributed by atoms with Crippen molar-refractivity contribution in [2.24, 2.45) is 0 Å². The van der Waals surface area contributed by atoms with Gasteiger partial charge < -0.3 is 18.8 Å². The molecule has 5 nitrogen and oxygen atoms in total. The fourth-order valence-electron chi connectivity index (χ4n) is 8.90. The van der Waals surface area contributed by atoms with Gasteiger partial charge in [-0.25, -0.2) is 0 Å². The monoisotopic (exact) mass is 860 g/mol. The molecule has 0 unspecified atom stereocenters. The van der Waals surface area contributed by atoms with E-state index in [-0.39, 0.29) is 25.5 Å². The van der Waals surface area contributed by atoms with E-state index in [1.54, 1.807) is 0 Å². The van der Waals surface area contributed by atoms with Gasteiger partial charge in [-0.15, -0.1) is 35.9 Å². The molecule has 6 heteroatoms. The average molecular weight is 860 g/mol. The van der Waals surface area contributed by atoms with Crippen LogP contribution in [0.4, 0.5) is 17.1 Å². The zero-order valence-corrected chi connectivity index (χ0v) is 32.8. The van der Waals surface area contributed by atoms with E-state index in [0.29, 0.717) is 11.8 Å². The Kier molecular flexibility index (Phi) is 8.88. The van der Waals surface area contributed by atoms with Crippen LogP contribution in [0.15, 0.2) is 108 Å². The molecule has 0 N–H and O–H groups in total. The van der Waals surface area contributed by atoms with Crippen LogP contribution in [0.25, 0.3) is 39.0 Å². The van der Waals surface area contributed by atoms with E-state index in [9.17, 15) is 0 Å². The smallest absolute Gasteiger partial charge is 0.504 e. The standard InChI is InChI=1S/C25H20N2O.C21H23N2.Ir/c1-26-15-27-19-12-11-17-16-7-2-3-10-21(16)28-24(17)22(19)25(13-4-5-14-25)18-8-6-9-20(26)23(18)27;1-15(2)18-11-8-12-19(16(3)4)20(18)23-14-13-22-21(23)17-9-6-5-7-10-17;/h2-3,6-11,15H,4-5,13-14H2,1H3;5-9,11-16H,1-4H3;/q-2;-1;+3. The summed E-state index contributed by atoms with van der Waals surface area (Å²) in [4.78, 5) is 9.15. The fourth-order valence-corrected chi connectivity index (χ4v) is 8.90. The van der Waals surface area contributed by atoms with Crippen molar-refractivity contribution in [3.05, 3.63) is 144 Å². The Morgan fingerprint density at radius 2 is 1.54 bits per heavy atom. The van der Waals surface area contributed by atoms with Crippen molar-refractivity contribution in [1.82, 2.24) is 9.55 Å². The summed E-state index contributed by atoms with van der Waals surface area (Å²) in [6, 6.07) is 38.9. The zero-order chi connectivity index (χ0) is 34.9. The fraction of sp³-hybridized carbons (Fsp3) is 0.261. The van der Waals surface area contributed by atoms with Gasteiger partial charge in [0.1, 0.15) is 5.58 Å². The summed E-state index contributed by atoms with van der Waals surface area (Å²) in [5.74, 6) is 1.86. The number of fused-ring (bicyclic) bond motifs is 8. The number of hydrogen-bond acceptors (Lipinski definition) is 4. The van der Waals surface area contributed by atoms with Crippen LogP contribution in [0.1, 0.15) is 87.5 Å². The number of aromatic nitrogens is 2. The minimum atomic E-state index is 0. The summed E-state index contributed by atoms with van der Waals surface area (Å²) >= 11 is 0. The Morgan fingerprint density at radius 3 is 2.27 bits per heavy atom. The first-order valence-electron chi connectivity index (χ1n) is 18.4. The third kappa shape index (κ3) is 5.25. The molecule has 3 aliphatic rings. The van der Waals surface area contributed by atoms with Gasteiger partial charge in [0.05, 0.1) is 5.82 Å². The largest absolute Gasteiger partial charge is 3.00 e. The summed E-state index contributed by atoms with van der Waals surface area (Å²) in [5, 5.41) is 2.37. The number of rotatable bonds is 4. The second-order valence-electron chi connectivity index (χ2n) is 14.9. The molecule has 52 heavy (non-hydrogen) atoms. The van der Waals surface area contributed by atoms with Crippen LogP contribution in [0.2, 0.25) is 0 Å². The van der Waals surface area contributed by atoms with Gasteiger partial charge in [-0.05, 0) is 71.3 Å². The predicted octanol–water partition coefficient (Wildman–Crippen LogP) is 11.9. The summed E-state index contributed by atoms with van der Waals surface area (Å²) < 4.78 is 8.73. The van der Waals surface area contributed by atoms with E-state index in [2.05, 4.69) is 152 Å². The molecule has 0 saturated heterocycles. The van der Waals surface area contributed by atoms with E-state index in [1.807, 2.05) is 24.4 Å². The van der Waals surface area contributed by atoms with Crippen LogP contribution in [-0.2, 0) is 25.5 Å². The van der Waals surface area contributed by atoms with Gasteiger partial charge in [-0.3, -0.25) is 4.98 Å². The zero-order valence-electron chi connectivity index (χ0n) is 30.4. The van der Waals surface area contributed by atoms with Crippen molar-refractivity contribution >= 4 is 39.0 Å². The number of anilines is 3. The molecule has 1 fully saturated rings. The van der Waals surface area contributed by atoms with Crippen LogP contribution < -0.4 is 9.80 Å². The van der Waals surface area contributed by atoms with Crippen LogP contribution in [0.5, 0.6) is 0 Å². The molecule has 7 aromatic rings. The number of hydrogen-bond donors (Lipinski definition) is 0. The maximum absolute atomic E-state index is 6.52. The number of para-hydroxylation sites is 3. The summed E-state index contributed by atoms with van der Waals surface area (Å²) in [6.07, 6.45) is 8.81. The van der Waals surface area contributed by atoms with Gasteiger partial charge >= 0.3 is 20.1 Å². The molecule has 2 aliphatic heterocycles. The Balaban J connectivity index is 0.000000149. The Morgan fingerprint density at radius 1 is 0.808 bits per heavy atom. The Bertz CT molecular complexity index is 2370. The first-order chi connectivity index (χ1) is 24.9. The third-order valence-electron chi connectivity index (χ3n) is 11.2. The average Bonchev–Trinajstić information content (AvgIpc) is 3.97. The van der Waals surface area contributed by atoms with E-state index >= 15 is 0 Å². The Labute approximate surface area is 320 Å². The van der Waals surface area contributed by atoms with E-state index in [1.165, 1.54) is 75.8 Å². The second kappa shape index (κ2) is 13.4. The van der Waals surface area contributed by atoms with Crippen molar-refractivity contribution in [1.29, 1.82) is 0 Å². The molecule has 4 heterocycles. The van der Waals surface area contributed by atoms with Gasteiger partial charge in [0.25, 0.3) is 0 Å². The van der Waals surface area contributed by atoms with Gasteiger partial charge in [-0.1, -0.05) is 106 Å². The van der Waals surface area contributed by atoms with Gasteiger partial charge in [-0.2, -0.15) is 18.8 Å². The van der Waals surface area contributed by atoms with Crippen LogP contribution in [0, 0.1) is 18.8 Å². The molecule has 262 valence electrons. The summed E-state index contributed by atoms with van der Waals surface area (Å²) in [5.41, 5.74) is 13.6. The molecule has 10 rings (SSSR count). The topological polar surface area (TPSA) is 37.4 Å². The van der Waals surface area contributed by atoms with Crippen molar-refractivity contribution in [3.63, 3.8) is 0 Å².